The average Bonchev–Trinajstić information content (AvgIpc) is 2.82. The molecule has 9 heteroatoms. The van der Waals surface area contributed by atoms with Gasteiger partial charge in [-0.15, -0.1) is 0 Å². The van der Waals surface area contributed by atoms with Crippen molar-refractivity contribution in [3.05, 3.63) is 59.2 Å². The number of piperazine rings is 1. The standard InChI is InChI=1S/C25H32N4O5/c1-18-6-3-4-7-20(18)24(31)27-21-16-19(25(32)33)8-9-22(21)29-13-11-28(12-14-29)17-23(30)26-10-5-15-34-2/h3-4,6-9,16H,5,10-15,17H2,1-2H3,(H,26,30)(H,27,31)(H,32,33). The van der Waals surface area contributed by atoms with E-state index in [-0.39, 0.29) is 17.4 Å². The zero-order chi connectivity index (χ0) is 24.5. The number of carbonyl (C=O) groups is 3. The van der Waals surface area contributed by atoms with E-state index >= 15 is 0 Å². The van der Waals surface area contributed by atoms with E-state index in [9.17, 15) is 19.5 Å². The van der Waals surface area contributed by atoms with Gasteiger partial charge in [-0.05, 0) is 43.2 Å². The maximum absolute atomic E-state index is 12.9. The Morgan fingerprint density at radius 3 is 2.47 bits per heavy atom. The first-order chi connectivity index (χ1) is 16.4. The van der Waals surface area contributed by atoms with E-state index in [0.29, 0.717) is 57.1 Å². The zero-order valence-corrected chi connectivity index (χ0v) is 19.7. The van der Waals surface area contributed by atoms with Gasteiger partial charge in [0.15, 0.2) is 0 Å². The number of anilines is 2. The van der Waals surface area contributed by atoms with Gasteiger partial charge in [0, 0.05) is 52.0 Å². The van der Waals surface area contributed by atoms with Gasteiger partial charge in [0.25, 0.3) is 5.91 Å². The first-order valence-corrected chi connectivity index (χ1v) is 11.4. The summed E-state index contributed by atoms with van der Waals surface area (Å²) >= 11 is 0. The molecule has 0 bridgehead atoms. The maximum Gasteiger partial charge on any atom is 0.335 e. The molecule has 182 valence electrons. The van der Waals surface area contributed by atoms with Crippen LogP contribution in [-0.4, -0.2) is 80.8 Å². The molecule has 3 N–H and O–H groups in total. The summed E-state index contributed by atoms with van der Waals surface area (Å²) in [5, 5.41) is 15.2. The number of nitrogens with one attached hydrogen (secondary N) is 2. The number of hydrogen-bond acceptors (Lipinski definition) is 6. The topological polar surface area (TPSA) is 111 Å². The second-order valence-corrected chi connectivity index (χ2v) is 8.27. The molecule has 3 rings (SSSR count). The SMILES string of the molecule is COCCCNC(=O)CN1CCN(c2ccc(C(=O)O)cc2NC(=O)c2ccccc2C)CC1. The maximum atomic E-state index is 12.9. The first kappa shape index (κ1) is 25.2. The van der Waals surface area contributed by atoms with Crippen molar-refractivity contribution in [1.29, 1.82) is 0 Å². The van der Waals surface area contributed by atoms with E-state index in [1.54, 1.807) is 31.4 Å². The van der Waals surface area contributed by atoms with Crippen LogP contribution in [0, 0.1) is 6.92 Å². The molecule has 0 aromatic heterocycles. The molecule has 1 fully saturated rings. The smallest absolute Gasteiger partial charge is 0.335 e. The summed E-state index contributed by atoms with van der Waals surface area (Å²) in [6.45, 7) is 6.04. The van der Waals surface area contributed by atoms with Gasteiger partial charge in [-0.25, -0.2) is 4.79 Å². The van der Waals surface area contributed by atoms with Crippen LogP contribution >= 0.6 is 0 Å². The Hall–Kier alpha value is -3.43. The number of carboxylic acids is 1. The largest absolute Gasteiger partial charge is 0.478 e. The van der Waals surface area contributed by atoms with Gasteiger partial charge < -0.3 is 25.4 Å². The molecule has 0 radical (unpaired) electrons. The van der Waals surface area contributed by atoms with Crippen LogP contribution in [-0.2, 0) is 9.53 Å². The molecule has 1 heterocycles. The number of carboxylic acid groups (broad SMARTS) is 1. The van der Waals surface area contributed by atoms with Crippen LogP contribution in [0.4, 0.5) is 11.4 Å². The van der Waals surface area contributed by atoms with E-state index in [4.69, 9.17) is 4.74 Å². The number of hydrogen-bond donors (Lipinski definition) is 3. The van der Waals surface area contributed by atoms with Crippen molar-refractivity contribution in [2.24, 2.45) is 0 Å². The number of benzene rings is 2. The Bertz CT molecular complexity index is 1020. The molecule has 2 aromatic carbocycles. The van der Waals surface area contributed by atoms with Crippen molar-refractivity contribution >= 4 is 29.2 Å². The van der Waals surface area contributed by atoms with Gasteiger partial charge >= 0.3 is 5.97 Å². The Kier molecular flexibility index (Phi) is 9.00. The molecular weight excluding hydrogens is 436 g/mol. The summed E-state index contributed by atoms with van der Waals surface area (Å²) in [7, 11) is 1.63. The number of ether oxygens (including phenoxy) is 1. The van der Waals surface area contributed by atoms with Crippen LogP contribution < -0.4 is 15.5 Å². The average molecular weight is 469 g/mol. The Morgan fingerprint density at radius 2 is 1.79 bits per heavy atom. The molecule has 1 aliphatic rings. The van der Waals surface area contributed by atoms with Crippen LogP contribution in [0.3, 0.4) is 0 Å². The van der Waals surface area contributed by atoms with Crippen molar-refractivity contribution < 1.29 is 24.2 Å². The van der Waals surface area contributed by atoms with Gasteiger partial charge in [-0.1, -0.05) is 18.2 Å². The highest BCUT2D eigenvalue weighted by Crippen LogP contribution is 2.29. The van der Waals surface area contributed by atoms with Crippen LogP contribution in [0.5, 0.6) is 0 Å². The molecule has 0 aliphatic carbocycles. The van der Waals surface area contributed by atoms with Crippen molar-refractivity contribution in [2.75, 3.05) is 63.2 Å². The minimum atomic E-state index is -1.06. The van der Waals surface area contributed by atoms with E-state index in [2.05, 4.69) is 20.4 Å². The molecule has 1 saturated heterocycles. The summed E-state index contributed by atoms with van der Waals surface area (Å²) in [6, 6.07) is 12.0. The lowest BCUT2D eigenvalue weighted by atomic mass is 10.1. The van der Waals surface area contributed by atoms with Gasteiger partial charge in [0.2, 0.25) is 5.91 Å². The minimum Gasteiger partial charge on any atom is -0.478 e. The van der Waals surface area contributed by atoms with Crippen LogP contribution in [0.15, 0.2) is 42.5 Å². The quantitative estimate of drug-likeness (QED) is 0.459. The fraction of sp³-hybridized carbons (Fsp3) is 0.400. The third kappa shape index (κ3) is 6.79. The summed E-state index contributed by atoms with van der Waals surface area (Å²) in [4.78, 5) is 40.8. The number of methoxy groups -OCH3 is 1. The lowest BCUT2D eigenvalue weighted by Gasteiger charge is -2.36. The van der Waals surface area contributed by atoms with E-state index in [1.165, 1.54) is 6.07 Å². The highest BCUT2D eigenvalue weighted by molar-refractivity contribution is 6.07. The van der Waals surface area contributed by atoms with Gasteiger partial charge in [0.05, 0.1) is 23.5 Å². The number of aromatic carboxylic acids is 1. The summed E-state index contributed by atoms with van der Waals surface area (Å²) in [5.74, 6) is -1.36. The van der Waals surface area contributed by atoms with Crippen molar-refractivity contribution in [3.63, 3.8) is 0 Å². The highest BCUT2D eigenvalue weighted by Gasteiger charge is 2.23. The molecule has 1 aliphatic heterocycles. The molecule has 0 saturated carbocycles. The summed E-state index contributed by atoms with van der Waals surface area (Å²) < 4.78 is 4.99. The molecule has 2 amide bonds. The Labute approximate surface area is 199 Å². The minimum absolute atomic E-state index is 0.0125. The van der Waals surface area contributed by atoms with Crippen molar-refractivity contribution in [2.45, 2.75) is 13.3 Å². The summed E-state index contributed by atoms with van der Waals surface area (Å²) in [6.07, 6.45) is 0.777. The summed E-state index contributed by atoms with van der Waals surface area (Å²) in [5.41, 5.74) is 2.70. The second kappa shape index (κ2) is 12.2. The normalized spacial score (nSPS) is 14.0. The molecule has 0 spiro atoms. The predicted octanol–water partition coefficient (Wildman–Crippen LogP) is 2.22. The number of aryl methyl sites for hydroxylation is 1. The first-order valence-electron chi connectivity index (χ1n) is 11.4. The Morgan fingerprint density at radius 1 is 1.06 bits per heavy atom. The lowest BCUT2D eigenvalue weighted by molar-refractivity contribution is -0.122. The van der Waals surface area contributed by atoms with Crippen LogP contribution in [0.25, 0.3) is 0 Å². The second-order valence-electron chi connectivity index (χ2n) is 8.27. The molecule has 2 aromatic rings. The third-order valence-corrected chi connectivity index (χ3v) is 5.81. The number of rotatable bonds is 10. The molecule has 0 atom stereocenters. The van der Waals surface area contributed by atoms with Crippen molar-refractivity contribution in [1.82, 2.24) is 10.2 Å². The van der Waals surface area contributed by atoms with E-state index in [0.717, 1.165) is 17.7 Å². The third-order valence-electron chi connectivity index (χ3n) is 5.81. The molecule has 0 unspecified atom stereocenters. The molecule has 34 heavy (non-hydrogen) atoms. The fourth-order valence-corrected chi connectivity index (χ4v) is 3.91. The number of carbonyl (C=O) groups excluding carboxylic acids is 2. The molecular formula is C25H32N4O5. The van der Waals surface area contributed by atoms with Gasteiger partial charge in [-0.2, -0.15) is 0 Å². The highest BCUT2D eigenvalue weighted by atomic mass is 16.5. The van der Waals surface area contributed by atoms with Gasteiger partial charge in [-0.3, -0.25) is 14.5 Å². The monoisotopic (exact) mass is 468 g/mol. The van der Waals surface area contributed by atoms with Crippen LogP contribution in [0.1, 0.15) is 32.7 Å². The van der Waals surface area contributed by atoms with Crippen LogP contribution in [0.2, 0.25) is 0 Å². The fourth-order valence-electron chi connectivity index (χ4n) is 3.91. The molecule has 9 nitrogen and oxygen atoms in total. The number of amides is 2. The lowest BCUT2D eigenvalue weighted by Crippen LogP contribution is -2.49. The van der Waals surface area contributed by atoms with E-state index < -0.39 is 5.97 Å². The zero-order valence-electron chi connectivity index (χ0n) is 19.7. The Balaban J connectivity index is 1.66. The van der Waals surface area contributed by atoms with Crippen molar-refractivity contribution in [3.8, 4) is 0 Å². The van der Waals surface area contributed by atoms with Gasteiger partial charge in [0.1, 0.15) is 0 Å². The predicted molar refractivity (Wildman–Crippen MR) is 131 cm³/mol. The van der Waals surface area contributed by atoms with E-state index in [1.807, 2.05) is 19.1 Å². The number of nitrogens with zero attached hydrogens (tertiary/aromatic N) is 2.